The van der Waals surface area contributed by atoms with Crippen molar-refractivity contribution in [1.29, 1.82) is 0 Å². The molecule has 0 saturated heterocycles. The van der Waals surface area contributed by atoms with Gasteiger partial charge in [-0.1, -0.05) is 0 Å². The number of hydrogen-bond acceptors (Lipinski definition) is 12. The summed E-state index contributed by atoms with van der Waals surface area (Å²) in [6.07, 6.45) is -1.13. The number of nitrogens with zero attached hydrogens (tertiary/aromatic N) is 1. The average molecular weight is 686 g/mol. The van der Waals surface area contributed by atoms with Crippen LogP contribution in [0.3, 0.4) is 0 Å². The standard InChI is InChI=1S/C14H20F3NO7S.C2F6O5S2/c1-5-23-11(19)9-6-7-18(12(20)24-13(2,3)4)8-10(9)25-26(21,22)14(15,16)17;3-1(4,5)14(9,10)13-15(11,12)2(6,7)8/h5-8H2,1-4H3;. The van der Waals surface area contributed by atoms with Crippen molar-refractivity contribution in [1.82, 2.24) is 4.90 Å². The van der Waals surface area contributed by atoms with Crippen LogP contribution < -0.4 is 0 Å². The zero-order chi connectivity index (χ0) is 33.0. The normalized spacial score (nSPS) is 16.0. The summed E-state index contributed by atoms with van der Waals surface area (Å²) in [5.41, 5.74) is -19.5. The molecule has 25 heteroatoms. The number of esters is 1. The summed E-state index contributed by atoms with van der Waals surface area (Å²) in [5.74, 6) is -1.83. The van der Waals surface area contributed by atoms with Crippen molar-refractivity contribution in [3.05, 3.63) is 11.3 Å². The van der Waals surface area contributed by atoms with Crippen LogP contribution in [0.1, 0.15) is 34.1 Å². The van der Waals surface area contributed by atoms with E-state index >= 15 is 0 Å². The third kappa shape index (κ3) is 11.3. The van der Waals surface area contributed by atoms with Crippen LogP contribution in [-0.4, -0.2) is 84.0 Å². The Morgan fingerprint density at radius 2 is 1.20 bits per heavy atom. The Labute approximate surface area is 226 Å². The van der Waals surface area contributed by atoms with Gasteiger partial charge in [-0.05, 0) is 27.7 Å². The fraction of sp³-hybridized carbons (Fsp3) is 0.750. The molecule has 13 nitrogen and oxygen atoms in total. The van der Waals surface area contributed by atoms with Gasteiger partial charge in [-0.2, -0.15) is 64.8 Å². The highest BCUT2D eigenvalue weighted by molar-refractivity contribution is 8.00. The minimum atomic E-state index is -6.85. The van der Waals surface area contributed by atoms with Crippen LogP contribution >= 0.6 is 0 Å². The van der Waals surface area contributed by atoms with E-state index in [1.54, 1.807) is 20.8 Å². The molecule has 0 N–H and O–H groups in total. The maximum atomic E-state index is 12.6. The Balaban J connectivity index is 0.000000909. The van der Waals surface area contributed by atoms with E-state index in [2.05, 4.69) is 4.18 Å². The molecule has 1 aliphatic rings. The summed E-state index contributed by atoms with van der Waals surface area (Å²) in [5, 5.41) is 0. The molecule has 0 aromatic rings. The summed E-state index contributed by atoms with van der Waals surface area (Å²) in [6.45, 7) is 5.39. The van der Waals surface area contributed by atoms with Gasteiger partial charge >= 0.3 is 58.9 Å². The summed E-state index contributed by atoms with van der Waals surface area (Å²) in [4.78, 5) is 24.9. The lowest BCUT2D eigenvalue weighted by molar-refractivity contribution is -0.139. The van der Waals surface area contributed by atoms with E-state index in [0.29, 0.717) is 0 Å². The molecule has 41 heavy (non-hydrogen) atoms. The minimum Gasteiger partial charge on any atom is -0.463 e. The van der Waals surface area contributed by atoms with E-state index in [-0.39, 0.29) is 25.1 Å². The van der Waals surface area contributed by atoms with E-state index in [1.807, 2.05) is 3.63 Å². The summed E-state index contributed by atoms with van der Waals surface area (Å²) in [6, 6.07) is 0. The van der Waals surface area contributed by atoms with Gasteiger partial charge in [0.25, 0.3) is 0 Å². The van der Waals surface area contributed by atoms with Crippen LogP contribution in [0.5, 0.6) is 0 Å². The molecule has 0 aromatic heterocycles. The second kappa shape index (κ2) is 12.8. The topological polar surface area (TPSA) is 177 Å². The summed E-state index contributed by atoms with van der Waals surface area (Å²) in [7, 11) is -19.7. The van der Waals surface area contributed by atoms with Crippen molar-refractivity contribution in [2.45, 2.75) is 56.2 Å². The second-order valence-electron chi connectivity index (χ2n) is 8.13. The van der Waals surface area contributed by atoms with Crippen LogP contribution in [0.2, 0.25) is 0 Å². The molecule has 1 amide bonds. The first-order chi connectivity index (χ1) is 17.9. The quantitative estimate of drug-likeness (QED) is 0.173. The summed E-state index contributed by atoms with van der Waals surface area (Å²) >= 11 is 0. The van der Waals surface area contributed by atoms with Gasteiger partial charge in [-0.3, -0.25) is 0 Å². The van der Waals surface area contributed by atoms with E-state index in [4.69, 9.17) is 9.47 Å². The molecule has 0 aromatic carbocycles. The highest BCUT2D eigenvalue weighted by Gasteiger charge is 2.57. The fourth-order valence-corrected chi connectivity index (χ4v) is 4.18. The van der Waals surface area contributed by atoms with Gasteiger partial charge in [0.2, 0.25) is 0 Å². The molecule has 1 aliphatic heterocycles. The Morgan fingerprint density at radius 1 is 0.780 bits per heavy atom. The van der Waals surface area contributed by atoms with Crippen LogP contribution in [0.4, 0.5) is 44.3 Å². The van der Waals surface area contributed by atoms with E-state index in [9.17, 15) is 74.4 Å². The molecule has 0 unspecified atom stereocenters. The van der Waals surface area contributed by atoms with Crippen molar-refractivity contribution < 1.29 is 91.6 Å². The van der Waals surface area contributed by atoms with Gasteiger partial charge in [0, 0.05) is 13.0 Å². The predicted octanol–water partition coefficient (Wildman–Crippen LogP) is 3.01. The van der Waals surface area contributed by atoms with Gasteiger partial charge in [0.15, 0.2) is 0 Å². The molecule has 0 saturated carbocycles. The van der Waals surface area contributed by atoms with Gasteiger partial charge in [-0.15, -0.1) is 3.63 Å². The first kappa shape index (κ1) is 38.5. The van der Waals surface area contributed by atoms with E-state index < -0.39 is 76.8 Å². The van der Waals surface area contributed by atoms with Crippen LogP contribution in [0, 0.1) is 0 Å². The van der Waals surface area contributed by atoms with Crippen molar-refractivity contribution >= 4 is 42.4 Å². The lowest BCUT2D eigenvalue weighted by Gasteiger charge is -2.31. The van der Waals surface area contributed by atoms with Crippen molar-refractivity contribution in [2.24, 2.45) is 0 Å². The molecule has 0 radical (unpaired) electrons. The molecule has 0 aliphatic carbocycles. The molecule has 1 heterocycles. The predicted molar refractivity (Wildman–Crippen MR) is 113 cm³/mol. The van der Waals surface area contributed by atoms with Crippen molar-refractivity contribution in [3.63, 3.8) is 0 Å². The molecule has 0 spiro atoms. The number of rotatable bonds is 6. The molecule has 1 rings (SSSR count). The minimum absolute atomic E-state index is 0.0720. The lowest BCUT2D eigenvalue weighted by atomic mass is 10.1. The fourth-order valence-electron chi connectivity index (χ4n) is 2.10. The average Bonchev–Trinajstić information content (AvgIpc) is 2.69. The molecule has 242 valence electrons. The van der Waals surface area contributed by atoms with Crippen LogP contribution in [-0.2, 0) is 52.4 Å². The Kier molecular flexibility index (Phi) is 12.0. The highest BCUT2D eigenvalue weighted by Crippen LogP contribution is 2.32. The smallest absolute Gasteiger partial charge is 0.463 e. The molecular formula is C16H20F9NO12S3. The Bertz CT molecular complexity index is 1280. The number of ether oxygens (including phenoxy) is 2. The van der Waals surface area contributed by atoms with Gasteiger partial charge in [0.05, 0.1) is 18.7 Å². The number of alkyl halides is 9. The SMILES string of the molecule is CCOC(=O)C1=C(OS(=O)(=O)C(F)(F)F)CN(C(=O)OC(C)(C)C)CC1.O=S(=O)(OS(=O)(=O)C(F)(F)F)C(F)(F)F. The first-order valence-corrected chi connectivity index (χ1v) is 14.3. The highest BCUT2D eigenvalue weighted by atomic mass is 32.3. The lowest BCUT2D eigenvalue weighted by Crippen LogP contribution is -2.42. The Morgan fingerprint density at radius 3 is 1.54 bits per heavy atom. The van der Waals surface area contributed by atoms with Crippen molar-refractivity contribution in [3.8, 4) is 0 Å². The number of amides is 1. The molecular weight excluding hydrogens is 665 g/mol. The number of carbonyl (C=O) groups is 2. The second-order valence-corrected chi connectivity index (χ2v) is 12.9. The van der Waals surface area contributed by atoms with Crippen LogP contribution in [0.25, 0.3) is 0 Å². The van der Waals surface area contributed by atoms with E-state index in [0.717, 1.165) is 4.90 Å². The van der Waals surface area contributed by atoms with Crippen LogP contribution in [0.15, 0.2) is 11.3 Å². The molecule has 0 fully saturated rings. The third-order valence-electron chi connectivity index (χ3n) is 3.72. The third-order valence-corrected chi connectivity index (χ3v) is 7.27. The number of carbonyl (C=O) groups excluding carboxylic acids is 2. The van der Waals surface area contributed by atoms with Gasteiger partial charge in [0.1, 0.15) is 11.4 Å². The van der Waals surface area contributed by atoms with Gasteiger partial charge < -0.3 is 18.6 Å². The van der Waals surface area contributed by atoms with Gasteiger partial charge in [-0.25, -0.2) is 9.59 Å². The maximum Gasteiger partial charge on any atom is 0.534 e. The number of halogens is 9. The number of hydrogen-bond donors (Lipinski definition) is 0. The maximum absolute atomic E-state index is 12.6. The zero-order valence-electron chi connectivity index (χ0n) is 20.8. The largest absolute Gasteiger partial charge is 0.534 e. The summed E-state index contributed by atoms with van der Waals surface area (Å²) < 4.78 is 184. The van der Waals surface area contributed by atoms with E-state index in [1.165, 1.54) is 6.92 Å². The first-order valence-electron chi connectivity index (χ1n) is 10.1. The monoisotopic (exact) mass is 685 g/mol. The zero-order valence-corrected chi connectivity index (χ0v) is 23.3. The molecule has 0 atom stereocenters. The van der Waals surface area contributed by atoms with Crippen molar-refractivity contribution in [2.75, 3.05) is 19.7 Å². The Hall–Kier alpha value is -2.54. The molecule has 0 bridgehead atoms.